The lowest BCUT2D eigenvalue weighted by Crippen LogP contribution is -2.35. The lowest BCUT2D eigenvalue weighted by Gasteiger charge is -2.16. The summed E-state index contributed by atoms with van der Waals surface area (Å²) in [6.45, 7) is 4.46. The molecule has 0 aliphatic heterocycles. The lowest BCUT2D eigenvalue weighted by molar-refractivity contribution is 0.268. The Morgan fingerprint density at radius 2 is 1.94 bits per heavy atom. The minimum absolute atomic E-state index is 0. The van der Waals surface area contributed by atoms with Crippen LogP contribution in [0.15, 0.2) is 30.3 Å². The smallest absolute Gasteiger partial charge is 0.256 e. The number of rotatable bonds is 5. The van der Waals surface area contributed by atoms with Gasteiger partial charge in [0.15, 0.2) is 0 Å². The summed E-state index contributed by atoms with van der Waals surface area (Å²) in [5, 5.41) is 3.44. The van der Waals surface area contributed by atoms with Gasteiger partial charge in [-0.05, 0) is 38.0 Å². The topological polar surface area (TPSA) is 47.3 Å². The highest BCUT2D eigenvalue weighted by Crippen LogP contribution is 2.02. The van der Waals surface area contributed by atoms with E-state index >= 15 is 0 Å². The van der Waals surface area contributed by atoms with Crippen LogP contribution in [0.2, 0.25) is 0 Å². The van der Waals surface area contributed by atoms with Crippen LogP contribution in [0.1, 0.15) is 19.4 Å². The van der Waals surface area contributed by atoms with Gasteiger partial charge in [0.1, 0.15) is 6.61 Å². The SMILES string of the molecule is CC(C)NC(=S)OC[C@H](N)Cc1ccccc1.Cl. The molecule has 0 unspecified atom stereocenters. The molecular weight excluding hydrogens is 268 g/mol. The normalized spacial score (nSPS) is 11.6. The molecule has 3 nitrogen and oxygen atoms in total. The summed E-state index contributed by atoms with van der Waals surface area (Å²) in [5.74, 6) is 0. The highest BCUT2D eigenvalue weighted by atomic mass is 35.5. The van der Waals surface area contributed by atoms with E-state index in [0.29, 0.717) is 11.8 Å². The van der Waals surface area contributed by atoms with E-state index in [-0.39, 0.29) is 24.5 Å². The minimum atomic E-state index is -0.0377. The van der Waals surface area contributed by atoms with Gasteiger partial charge < -0.3 is 15.8 Å². The van der Waals surface area contributed by atoms with Crippen molar-refractivity contribution in [1.29, 1.82) is 0 Å². The summed E-state index contributed by atoms with van der Waals surface area (Å²) in [6, 6.07) is 10.4. The maximum atomic E-state index is 5.97. The second-order valence-corrected chi connectivity index (χ2v) is 4.72. The van der Waals surface area contributed by atoms with Crippen molar-refractivity contribution in [3.63, 3.8) is 0 Å². The van der Waals surface area contributed by atoms with Crippen molar-refractivity contribution in [2.24, 2.45) is 5.73 Å². The molecule has 5 heteroatoms. The molecule has 1 atom stereocenters. The number of benzene rings is 1. The summed E-state index contributed by atoms with van der Waals surface area (Å²) in [5.41, 5.74) is 7.19. The summed E-state index contributed by atoms with van der Waals surface area (Å²) in [4.78, 5) is 0. The first kappa shape index (κ1) is 17.2. The number of hydrogen-bond acceptors (Lipinski definition) is 3. The number of halogens is 1. The van der Waals surface area contributed by atoms with E-state index in [1.54, 1.807) is 0 Å². The van der Waals surface area contributed by atoms with Gasteiger partial charge in [-0.3, -0.25) is 0 Å². The molecule has 0 heterocycles. The van der Waals surface area contributed by atoms with Crippen LogP contribution >= 0.6 is 24.6 Å². The van der Waals surface area contributed by atoms with Crippen LogP contribution in [-0.2, 0) is 11.2 Å². The first-order valence-corrected chi connectivity index (χ1v) is 6.21. The Bertz CT molecular complexity index is 346. The van der Waals surface area contributed by atoms with E-state index in [9.17, 15) is 0 Å². The molecule has 0 aliphatic carbocycles. The summed E-state index contributed by atoms with van der Waals surface area (Å²) < 4.78 is 5.38. The zero-order valence-corrected chi connectivity index (χ0v) is 12.4. The molecule has 0 aliphatic rings. The van der Waals surface area contributed by atoms with E-state index < -0.39 is 0 Å². The van der Waals surface area contributed by atoms with Gasteiger partial charge in [0, 0.05) is 12.1 Å². The molecule has 0 amide bonds. The lowest BCUT2D eigenvalue weighted by atomic mass is 10.1. The maximum absolute atomic E-state index is 5.97. The zero-order chi connectivity index (χ0) is 12.7. The van der Waals surface area contributed by atoms with Gasteiger partial charge in [-0.15, -0.1) is 12.4 Å². The van der Waals surface area contributed by atoms with Crippen LogP contribution in [0, 0.1) is 0 Å². The Kier molecular flexibility index (Phi) is 8.71. The van der Waals surface area contributed by atoms with Gasteiger partial charge in [0.05, 0.1) is 0 Å². The van der Waals surface area contributed by atoms with Crippen LogP contribution in [0.3, 0.4) is 0 Å². The van der Waals surface area contributed by atoms with Crippen LogP contribution in [0.5, 0.6) is 0 Å². The van der Waals surface area contributed by atoms with E-state index in [2.05, 4.69) is 17.4 Å². The predicted octanol–water partition coefficient (Wildman–Crippen LogP) is 2.28. The predicted molar refractivity (Wildman–Crippen MR) is 82.2 cm³/mol. The molecule has 0 bridgehead atoms. The Morgan fingerprint density at radius 1 is 1.33 bits per heavy atom. The van der Waals surface area contributed by atoms with Crippen molar-refractivity contribution in [1.82, 2.24) is 5.32 Å². The number of thiocarbonyl (C=S) groups is 1. The Labute approximate surface area is 121 Å². The first-order valence-electron chi connectivity index (χ1n) is 5.80. The van der Waals surface area contributed by atoms with E-state index in [4.69, 9.17) is 22.7 Å². The summed E-state index contributed by atoms with van der Waals surface area (Å²) >= 11 is 5.02. The third-order valence-corrected chi connectivity index (χ3v) is 2.41. The standard InChI is InChI=1S/C13H20N2OS.ClH/c1-10(2)15-13(17)16-9-12(14)8-11-6-4-3-5-7-11;/h3-7,10,12H,8-9,14H2,1-2H3,(H,15,17);1H/t12-;/m1./s1. The third kappa shape index (κ3) is 7.48. The largest absolute Gasteiger partial charge is 0.469 e. The second kappa shape index (κ2) is 9.14. The number of hydrogen-bond donors (Lipinski definition) is 2. The molecule has 0 saturated heterocycles. The van der Waals surface area contributed by atoms with E-state index in [1.807, 2.05) is 32.0 Å². The van der Waals surface area contributed by atoms with Crippen molar-refractivity contribution in [2.75, 3.05) is 6.61 Å². The average molecular weight is 289 g/mol. The third-order valence-electron chi connectivity index (χ3n) is 2.18. The number of ether oxygens (including phenoxy) is 1. The molecule has 0 radical (unpaired) electrons. The first-order chi connectivity index (χ1) is 8.08. The fourth-order valence-electron chi connectivity index (χ4n) is 1.44. The Balaban J connectivity index is 0.00000289. The quantitative estimate of drug-likeness (QED) is 0.816. The highest BCUT2D eigenvalue weighted by molar-refractivity contribution is 7.80. The maximum Gasteiger partial charge on any atom is 0.256 e. The van der Waals surface area contributed by atoms with Crippen LogP contribution in [0.4, 0.5) is 0 Å². The molecular formula is C13H21ClN2OS. The molecule has 0 fully saturated rings. The van der Waals surface area contributed by atoms with E-state index in [0.717, 1.165) is 6.42 Å². The minimum Gasteiger partial charge on any atom is -0.469 e. The molecule has 102 valence electrons. The van der Waals surface area contributed by atoms with Crippen molar-refractivity contribution in [3.05, 3.63) is 35.9 Å². The van der Waals surface area contributed by atoms with Crippen LogP contribution in [0.25, 0.3) is 0 Å². The molecule has 1 aromatic carbocycles. The Morgan fingerprint density at radius 3 is 2.50 bits per heavy atom. The van der Waals surface area contributed by atoms with Gasteiger partial charge in [0.2, 0.25) is 0 Å². The molecule has 0 saturated carbocycles. The van der Waals surface area contributed by atoms with Crippen molar-refractivity contribution < 1.29 is 4.74 Å². The second-order valence-electron chi connectivity index (χ2n) is 4.35. The zero-order valence-electron chi connectivity index (χ0n) is 10.8. The molecule has 0 aromatic heterocycles. The molecule has 1 aromatic rings. The molecule has 1 rings (SSSR count). The molecule has 3 N–H and O–H groups in total. The monoisotopic (exact) mass is 288 g/mol. The molecule has 18 heavy (non-hydrogen) atoms. The van der Waals surface area contributed by atoms with Crippen molar-refractivity contribution >= 4 is 29.8 Å². The van der Waals surface area contributed by atoms with Gasteiger partial charge in [-0.25, -0.2) is 0 Å². The summed E-state index contributed by atoms with van der Waals surface area (Å²) in [6.07, 6.45) is 0.797. The Hall–Kier alpha value is -0.840. The van der Waals surface area contributed by atoms with Gasteiger partial charge in [-0.1, -0.05) is 30.3 Å². The van der Waals surface area contributed by atoms with Gasteiger partial charge in [0.25, 0.3) is 5.17 Å². The van der Waals surface area contributed by atoms with Crippen LogP contribution in [-0.4, -0.2) is 23.9 Å². The fourth-order valence-corrected chi connectivity index (χ4v) is 1.74. The van der Waals surface area contributed by atoms with Crippen molar-refractivity contribution in [2.45, 2.75) is 32.4 Å². The van der Waals surface area contributed by atoms with Crippen molar-refractivity contribution in [3.8, 4) is 0 Å². The van der Waals surface area contributed by atoms with Gasteiger partial charge in [-0.2, -0.15) is 0 Å². The number of nitrogens with one attached hydrogen (secondary N) is 1. The molecule has 0 spiro atoms. The average Bonchev–Trinajstić information content (AvgIpc) is 2.27. The fraction of sp³-hybridized carbons (Fsp3) is 0.462. The summed E-state index contributed by atoms with van der Waals surface area (Å²) in [7, 11) is 0. The van der Waals surface area contributed by atoms with Gasteiger partial charge >= 0.3 is 0 Å². The highest BCUT2D eigenvalue weighted by Gasteiger charge is 2.06. The van der Waals surface area contributed by atoms with Crippen LogP contribution < -0.4 is 11.1 Å². The number of nitrogens with two attached hydrogens (primary N) is 1. The van der Waals surface area contributed by atoms with E-state index in [1.165, 1.54) is 5.56 Å².